The quantitative estimate of drug-likeness (QED) is 0.191. The Bertz CT molecular complexity index is 1130. The number of hydrogen-bond donors (Lipinski definition) is 1. The third kappa shape index (κ3) is 7.20. The van der Waals surface area contributed by atoms with Crippen molar-refractivity contribution in [2.45, 2.75) is 45.3 Å². The number of carbonyl (C=O) groups excluding carboxylic acids is 1. The number of amides is 1. The third-order valence-corrected chi connectivity index (χ3v) is 6.49. The first kappa shape index (κ1) is 25.1. The second kappa shape index (κ2) is 12.0. The van der Waals surface area contributed by atoms with Crippen LogP contribution < -0.4 is 10.1 Å². The lowest BCUT2D eigenvalue weighted by Gasteiger charge is -2.11. The highest BCUT2D eigenvalue weighted by Gasteiger charge is 2.14. The minimum Gasteiger partial charge on any atom is -0.493 e. The maximum Gasteiger partial charge on any atom is 0.234 e. The van der Waals surface area contributed by atoms with E-state index in [-0.39, 0.29) is 11.7 Å². The topological polar surface area (TPSA) is 69.0 Å². The Kier molecular flexibility index (Phi) is 9.14. The van der Waals surface area contributed by atoms with Crippen LogP contribution in [-0.4, -0.2) is 33.0 Å². The molecule has 3 rings (SSSR count). The van der Waals surface area contributed by atoms with E-state index in [4.69, 9.17) is 4.74 Å². The van der Waals surface area contributed by atoms with Gasteiger partial charge in [0.25, 0.3) is 0 Å². The lowest BCUT2D eigenvalue weighted by molar-refractivity contribution is -0.113. The minimum atomic E-state index is -0.0695. The standard InChI is InChI=1S/C25H29BrN4O2S/c1-5-12-30-23(7-6-13-32-22-11-9-20(26)15-19(22)4)28-29-25(30)33-16-24(31)27-21-10-8-17(2)14-18(21)3/h5,8-11,14-15H,1,6-7,12-13,16H2,2-4H3,(H,27,31). The summed E-state index contributed by atoms with van der Waals surface area (Å²) in [6.07, 6.45) is 3.35. The van der Waals surface area contributed by atoms with Crippen LogP contribution in [0.5, 0.6) is 5.75 Å². The zero-order valence-corrected chi connectivity index (χ0v) is 21.6. The minimum absolute atomic E-state index is 0.0695. The normalized spacial score (nSPS) is 10.8. The first-order valence-electron chi connectivity index (χ1n) is 10.8. The van der Waals surface area contributed by atoms with Gasteiger partial charge in [0.05, 0.1) is 12.4 Å². The fourth-order valence-corrected chi connectivity index (χ4v) is 4.62. The van der Waals surface area contributed by atoms with Gasteiger partial charge >= 0.3 is 0 Å². The highest BCUT2D eigenvalue weighted by atomic mass is 79.9. The van der Waals surface area contributed by atoms with Gasteiger partial charge in [-0.25, -0.2) is 0 Å². The number of benzene rings is 2. The van der Waals surface area contributed by atoms with Gasteiger partial charge in [-0.2, -0.15) is 0 Å². The van der Waals surface area contributed by atoms with Crippen molar-refractivity contribution in [2.24, 2.45) is 0 Å². The molecule has 174 valence electrons. The first-order valence-corrected chi connectivity index (χ1v) is 12.6. The van der Waals surface area contributed by atoms with Gasteiger partial charge in [-0.05, 0) is 62.6 Å². The Morgan fingerprint density at radius 2 is 2.00 bits per heavy atom. The Morgan fingerprint density at radius 1 is 1.18 bits per heavy atom. The van der Waals surface area contributed by atoms with E-state index in [1.807, 2.05) is 61.7 Å². The smallest absolute Gasteiger partial charge is 0.234 e. The third-order valence-electron chi connectivity index (χ3n) is 5.03. The summed E-state index contributed by atoms with van der Waals surface area (Å²) >= 11 is 4.85. The number of anilines is 1. The van der Waals surface area contributed by atoms with Crippen molar-refractivity contribution in [1.82, 2.24) is 14.8 Å². The molecule has 6 nitrogen and oxygen atoms in total. The summed E-state index contributed by atoms with van der Waals surface area (Å²) in [6.45, 7) is 11.1. The van der Waals surface area contributed by atoms with E-state index in [0.717, 1.165) is 45.7 Å². The molecule has 8 heteroatoms. The Morgan fingerprint density at radius 3 is 2.73 bits per heavy atom. The number of rotatable bonds is 11. The number of aromatic nitrogens is 3. The van der Waals surface area contributed by atoms with Crippen LogP contribution in [0, 0.1) is 20.8 Å². The van der Waals surface area contributed by atoms with Crippen molar-refractivity contribution < 1.29 is 9.53 Å². The van der Waals surface area contributed by atoms with Gasteiger partial charge in [-0.3, -0.25) is 4.79 Å². The molecule has 0 saturated carbocycles. The van der Waals surface area contributed by atoms with Gasteiger partial charge in [-0.1, -0.05) is 51.5 Å². The number of allylic oxidation sites excluding steroid dienone is 1. The molecule has 1 N–H and O–H groups in total. The molecule has 1 heterocycles. The van der Waals surface area contributed by atoms with Crippen LogP contribution in [0.2, 0.25) is 0 Å². The van der Waals surface area contributed by atoms with E-state index >= 15 is 0 Å². The molecule has 0 atom stereocenters. The molecule has 1 amide bonds. The lowest BCUT2D eigenvalue weighted by atomic mass is 10.1. The fraction of sp³-hybridized carbons (Fsp3) is 0.320. The lowest BCUT2D eigenvalue weighted by Crippen LogP contribution is -2.15. The molecular weight excluding hydrogens is 500 g/mol. The summed E-state index contributed by atoms with van der Waals surface area (Å²) in [5, 5.41) is 12.3. The van der Waals surface area contributed by atoms with Crippen molar-refractivity contribution in [3.63, 3.8) is 0 Å². The van der Waals surface area contributed by atoms with Crippen molar-refractivity contribution >= 4 is 39.3 Å². The second-order valence-electron chi connectivity index (χ2n) is 7.82. The van der Waals surface area contributed by atoms with E-state index in [9.17, 15) is 4.79 Å². The van der Waals surface area contributed by atoms with Gasteiger partial charge in [0.1, 0.15) is 11.6 Å². The molecule has 0 fully saturated rings. The van der Waals surface area contributed by atoms with Crippen molar-refractivity contribution in [1.29, 1.82) is 0 Å². The largest absolute Gasteiger partial charge is 0.493 e. The molecule has 0 radical (unpaired) electrons. The van der Waals surface area contributed by atoms with Crippen LogP contribution in [0.25, 0.3) is 0 Å². The highest BCUT2D eigenvalue weighted by molar-refractivity contribution is 9.10. The number of halogens is 1. The molecule has 33 heavy (non-hydrogen) atoms. The molecule has 0 spiro atoms. The molecule has 0 unspecified atom stereocenters. The number of carbonyl (C=O) groups is 1. The predicted octanol–water partition coefficient (Wildman–Crippen LogP) is 5.89. The summed E-state index contributed by atoms with van der Waals surface area (Å²) < 4.78 is 8.96. The maximum absolute atomic E-state index is 12.5. The van der Waals surface area contributed by atoms with Gasteiger partial charge < -0.3 is 14.6 Å². The van der Waals surface area contributed by atoms with Gasteiger partial charge in [-0.15, -0.1) is 16.8 Å². The van der Waals surface area contributed by atoms with Crippen LogP contribution in [0.15, 0.2) is 58.7 Å². The molecule has 0 aliphatic carbocycles. The number of nitrogens with zero attached hydrogens (tertiary/aromatic N) is 3. The summed E-state index contributed by atoms with van der Waals surface area (Å²) in [6, 6.07) is 12.0. The fourth-order valence-electron chi connectivity index (χ4n) is 3.38. The average Bonchev–Trinajstić information content (AvgIpc) is 3.15. The molecule has 2 aromatic carbocycles. The first-order chi connectivity index (χ1) is 15.9. The van der Waals surface area contributed by atoms with Crippen LogP contribution >= 0.6 is 27.7 Å². The van der Waals surface area contributed by atoms with E-state index in [2.05, 4.69) is 44.1 Å². The molecule has 0 aliphatic rings. The number of hydrogen-bond acceptors (Lipinski definition) is 5. The monoisotopic (exact) mass is 528 g/mol. The molecule has 0 aliphatic heterocycles. The zero-order chi connectivity index (χ0) is 23.8. The summed E-state index contributed by atoms with van der Waals surface area (Å²) in [5.41, 5.74) is 4.14. The Hall–Kier alpha value is -2.58. The summed E-state index contributed by atoms with van der Waals surface area (Å²) in [4.78, 5) is 12.5. The van der Waals surface area contributed by atoms with Crippen molar-refractivity contribution in [3.8, 4) is 5.75 Å². The van der Waals surface area contributed by atoms with Crippen LogP contribution in [-0.2, 0) is 17.8 Å². The van der Waals surface area contributed by atoms with Gasteiger partial charge in [0.2, 0.25) is 5.91 Å². The molecule has 0 saturated heterocycles. The number of aryl methyl sites for hydroxylation is 4. The summed E-state index contributed by atoms with van der Waals surface area (Å²) in [5.74, 6) is 1.94. The zero-order valence-electron chi connectivity index (χ0n) is 19.2. The SMILES string of the molecule is C=CCn1c(CCCOc2ccc(Br)cc2C)nnc1SCC(=O)Nc1ccc(C)cc1C. The van der Waals surface area contributed by atoms with E-state index in [1.54, 1.807) is 0 Å². The second-order valence-corrected chi connectivity index (χ2v) is 9.67. The highest BCUT2D eigenvalue weighted by Crippen LogP contribution is 2.23. The van der Waals surface area contributed by atoms with Gasteiger partial charge in [0.15, 0.2) is 5.16 Å². The number of thioether (sulfide) groups is 1. The van der Waals surface area contributed by atoms with E-state index in [1.165, 1.54) is 17.3 Å². The number of nitrogens with one attached hydrogen (secondary N) is 1. The molecular formula is C25H29BrN4O2S. The number of ether oxygens (including phenoxy) is 1. The van der Waals surface area contributed by atoms with Crippen molar-refractivity contribution in [2.75, 3.05) is 17.7 Å². The van der Waals surface area contributed by atoms with Crippen LogP contribution in [0.4, 0.5) is 5.69 Å². The Balaban J connectivity index is 1.53. The maximum atomic E-state index is 12.5. The van der Waals surface area contributed by atoms with Gasteiger partial charge in [0, 0.05) is 23.1 Å². The van der Waals surface area contributed by atoms with Crippen LogP contribution in [0.3, 0.4) is 0 Å². The average molecular weight is 530 g/mol. The molecule has 3 aromatic rings. The van der Waals surface area contributed by atoms with Crippen LogP contribution in [0.1, 0.15) is 28.9 Å². The van der Waals surface area contributed by atoms with E-state index in [0.29, 0.717) is 18.3 Å². The Labute approximate surface area is 208 Å². The molecule has 1 aromatic heterocycles. The van der Waals surface area contributed by atoms with Crippen molar-refractivity contribution in [3.05, 3.63) is 76.0 Å². The molecule has 0 bridgehead atoms. The predicted molar refractivity (Wildman–Crippen MR) is 138 cm³/mol. The summed E-state index contributed by atoms with van der Waals surface area (Å²) in [7, 11) is 0. The van der Waals surface area contributed by atoms with E-state index < -0.39 is 0 Å².